The van der Waals surface area contributed by atoms with E-state index in [0.29, 0.717) is 0 Å². The summed E-state index contributed by atoms with van der Waals surface area (Å²) in [6.45, 7) is 3.79. The number of esters is 1. The molecule has 0 bridgehead atoms. The van der Waals surface area contributed by atoms with Crippen molar-refractivity contribution in [1.82, 2.24) is 0 Å². The monoisotopic (exact) mass is 407 g/mol. The molecule has 2 aromatic rings. The van der Waals surface area contributed by atoms with Crippen molar-refractivity contribution in [3.8, 4) is 0 Å². The number of aryl methyl sites for hydroxylation is 1. The Morgan fingerprint density at radius 2 is 1.92 bits per heavy atom. The quantitative estimate of drug-likeness (QED) is 0.293. The van der Waals surface area contributed by atoms with E-state index in [1.54, 1.807) is 6.92 Å². The van der Waals surface area contributed by atoms with Gasteiger partial charge in [-0.05, 0) is 0 Å². The van der Waals surface area contributed by atoms with Gasteiger partial charge in [0.05, 0.1) is 0 Å². The molecule has 2 rings (SSSR count). The van der Waals surface area contributed by atoms with E-state index in [1.165, 1.54) is 0 Å². The van der Waals surface area contributed by atoms with Crippen LogP contribution >= 0.6 is 0 Å². The Kier molecular flexibility index (Phi) is 7.16. The second-order valence-electron chi connectivity index (χ2n) is 5.62. The van der Waals surface area contributed by atoms with Crippen molar-refractivity contribution in [3.05, 3.63) is 75.8 Å². The first-order chi connectivity index (χ1) is 12.0. The third-order valence-electron chi connectivity index (χ3n) is 3.69. The van der Waals surface area contributed by atoms with Crippen molar-refractivity contribution in [2.24, 2.45) is 0 Å². The van der Waals surface area contributed by atoms with Crippen molar-refractivity contribution < 1.29 is 14.5 Å². The summed E-state index contributed by atoms with van der Waals surface area (Å²) in [6.07, 6.45) is 0.143. The van der Waals surface area contributed by atoms with Crippen LogP contribution in [0.15, 0.2) is 54.6 Å². The van der Waals surface area contributed by atoms with Crippen LogP contribution in [0.3, 0.4) is 0 Å². The molecule has 0 aliphatic rings. The Bertz CT molecular complexity index is 720. The van der Waals surface area contributed by atoms with Crippen molar-refractivity contribution in [3.63, 3.8) is 0 Å². The summed E-state index contributed by atoms with van der Waals surface area (Å²) < 4.78 is 6.05. The van der Waals surface area contributed by atoms with Crippen LogP contribution in [0, 0.1) is 17.0 Å². The Morgan fingerprint density at radius 3 is 2.52 bits per heavy atom. The van der Waals surface area contributed by atoms with Crippen LogP contribution in [-0.2, 0) is 9.53 Å². The topological polar surface area (TPSA) is 69.4 Å². The molecule has 0 saturated heterocycles. The molecule has 5 nitrogen and oxygen atoms in total. The zero-order chi connectivity index (χ0) is 18.2. The van der Waals surface area contributed by atoms with E-state index in [0.717, 1.165) is 15.6 Å². The van der Waals surface area contributed by atoms with Crippen LogP contribution in [0.1, 0.15) is 29.3 Å². The van der Waals surface area contributed by atoms with Gasteiger partial charge in [-0.2, -0.15) is 0 Å². The first-order valence-electron chi connectivity index (χ1n) is 8.09. The van der Waals surface area contributed by atoms with Crippen molar-refractivity contribution >= 4 is 25.4 Å². The predicted octanol–water partition coefficient (Wildman–Crippen LogP) is 2.66. The Morgan fingerprint density at radius 1 is 1.20 bits per heavy atom. The average Bonchev–Trinajstić information content (AvgIpc) is 2.59. The van der Waals surface area contributed by atoms with Crippen LogP contribution in [0.2, 0.25) is 0 Å². The van der Waals surface area contributed by atoms with E-state index >= 15 is 0 Å². The zero-order valence-electron chi connectivity index (χ0n) is 14.3. The molecule has 0 spiro atoms. The number of hydrogen-bond acceptors (Lipinski definition) is 4. The Labute approximate surface area is 153 Å². The number of nitrogens with zero attached hydrogens (tertiary/aromatic N) is 1. The third-order valence-corrected chi connectivity index (χ3v) is 6.40. The molecule has 0 heterocycles. The van der Waals surface area contributed by atoms with Gasteiger partial charge in [-0.1, -0.05) is 0 Å². The number of nitro groups is 1. The summed E-state index contributed by atoms with van der Waals surface area (Å²) in [6, 6.07) is 16.5. The number of carbonyl (C=O) groups excluding carboxylic acids is 1. The van der Waals surface area contributed by atoms with Gasteiger partial charge in [0.2, 0.25) is 0 Å². The fourth-order valence-corrected chi connectivity index (χ4v) is 5.02. The molecule has 0 aliphatic heterocycles. The summed E-state index contributed by atoms with van der Waals surface area (Å²) in [5.41, 5.74) is 2.13. The Balaban J connectivity index is 2.29. The van der Waals surface area contributed by atoms with Gasteiger partial charge >= 0.3 is 153 Å². The Hall–Kier alpha value is -2.17. The molecule has 132 valence electrons. The minimum atomic E-state index is -1.34. The van der Waals surface area contributed by atoms with Gasteiger partial charge < -0.3 is 0 Å². The molecule has 6 heteroatoms. The summed E-state index contributed by atoms with van der Waals surface area (Å²) in [5, 5.41) is 11.4. The average molecular weight is 406 g/mol. The van der Waals surface area contributed by atoms with Crippen molar-refractivity contribution in [2.45, 2.75) is 31.1 Å². The molecule has 0 N–H and O–H groups in total. The molecule has 0 saturated carbocycles. The molecular formula is C19H21NO4Se. The van der Waals surface area contributed by atoms with Crippen LogP contribution in [-0.4, -0.2) is 38.5 Å². The van der Waals surface area contributed by atoms with Crippen LogP contribution in [0.5, 0.6) is 0 Å². The number of carbonyl (C=O) groups is 1. The molecular weight excluding hydrogens is 385 g/mol. The van der Waals surface area contributed by atoms with Gasteiger partial charge in [-0.25, -0.2) is 0 Å². The predicted molar refractivity (Wildman–Crippen MR) is 97.8 cm³/mol. The normalized spacial score (nSPS) is 13.0. The molecule has 0 radical (unpaired) electrons. The summed E-state index contributed by atoms with van der Waals surface area (Å²) in [5.74, 6) is -0.756. The van der Waals surface area contributed by atoms with Gasteiger partial charge in [0.25, 0.3) is 0 Å². The van der Waals surface area contributed by atoms with E-state index in [9.17, 15) is 14.9 Å². The standard InChI is InChI=1S/C19H21NO4Se/c1-3-24-19(21)17(20(22)23)13-18(15-9-7-8-14(2)12-15)25-16-10-5-4-6-11-16/h4-12,17-18H,3,13H2,1-2H3. The molecule has 0 amide bonds. The minimum absolute atomic E-state index is 0.0319. The number of ether oxygens (including phenoxy) is 1. The summed E-state index contributed by atoms with van der Waals surface area (Å²) in [4.78, 5) is 22.8. The van der Waals surface area contributed by atoms with E-state index in [4.69, 9.17) is 4.74 Å². The second-order valence-corrected chi connectivity index (χ2v) is 8.30. The van der Waals surface area contributed by atoms with E-state index in [2.05, 4.69) is 0 Å². The van der Waals surface area contributed by atoms with Crippen LogP contribution < -0.4 is 4.46 Å². The third kappa shape index (κ3) is 5.69. The summed E-state index contributed by atoms with van der Waals surface area (Å²) >= 11 is -0.0319. The SMILES string of the molecule is CCOC(=O)C(CC([Se]c1ccccc1)c1cccc(C)c1)[N+](=O)[O-]. The number of benzene rings is 2. The molecule has 2 atom stereocenters. The van der Waals surface area contributed by atoms with E-state index in [-0.39, 0.29) is 32.8 Å². The van der Waals surface area contributed by atoms with Gasteiger partial charge in [-0.15, -0.1) is 0 Å². The van der Waals surface area contributed by atoms with Crippen LogP contribution in [0.25, 0.3) is 0 Å². The molecule has 25 heavy (non-hydrogen) atoms. The number of rotatable bonds is 8. The van der Waals surface area contributed by atoms with Crippen molar-refractivity contribution in [2.75, 3.05) is 6.61 Å². The maximum atomic E-state index is 12.0. The fourth-order valence-electron chi connectivity index (χ4n) is 2.50. The molecule has 2 unspecified atom stereocenters. The molecule has 2 aromatic carbocycles. The maximum absolute atomic E-state index is 12.0. The first kappa shape index (κ1) is 19.2. The van der Waals surface area contributed by atoms with Crippen LogP contribution in [0.4, 0.5) is 0 Å². The van der Waals surface area contributed by atoms with E-state index < -0.39 is 16.9 Å². The van der Waals surface area contributed by atoms with Gasteiger partial charge in [0, 0.05) is 0 Å². The summed E-state index contributed by atoms with van der Waals surface area (Å²) in [7, 11) is 0. The van der Waals surface area contributed by atoms with Gasteiger partial charge in [-0.3, -0.25) is 0 Å². The molecule has 0 aliphatic carbocycles. The van der Waals surface area contributed by atoms with Gasteiger partial charge in [0.15, 0.2) is 0 Å². The molecule has 0 aromatic heterocycles. The fraction of sp³-hybridized carbons (Fsp3) is 0.316. The second kappa shape index (κ2) is 9.35. The number of hydrogen-bond donors (Lipinski definition) is 0. The van der Waals surface area contributed by atoms with Gasteiger partial charge in [0.1, 0.15) is 0 Å². The van der Waals surface area contributed by atoms with E-state index in [1.807, 2.05) is 61.5 Å². The van der Waals surface area contributed by atoms with Crippen molar-refractivity contribution in [1.29, 1.82) is 0 Å². The zero-order valence-corrected chi connectivity index (χ0v) is 16.0. The molecule has 0 fully saturated rings. The first-order valence-corrected chi connectivity index (χ1v) is 9.94.